The lowest BCUT2D eigenvalue weighted by Gasteiger charge is -2.29. The summed E-state index contributed by atoms with van der Waals surface area (Å²) in [4.78, 5) is 12.0. The summed E-state index contributed by atoms with van der Waals surface area (Å²) in [6.45, 7) is 2.69. The van der Waals surface area contributed by atoms with Crippen LogP contribution in [0.25, 0.3) is 0 Å². The fourth-order valence-electron chi connectivity index (χ4n) is 2.26. The van der Waals surface area contributed by atoms with Gasteiger partial charge in [-0.1, -0.05) is 22.9 Å². The van der Waals surface area contributed by atoms with E-state index in [1.54, 1.807) is 0 Å². The molecule has 1 saturated heterocycles. The van der Waals surface area contributed by atoms with Gasteiger partial charge >= 0.3 is 0 Å². The minimum atomic E-state index is -0.788. The Hall–Kier alpha value is -1.01. The van der Waals surface area contributed by atoms with Crippen LogP contribution >= 0.6 is 15.9 Å². The van der Waals surface area contributed by atoms with Crippen LogP contribution < -0.4 is 10.6 Å². The van der Waals surface area contributed by atoms with Crippen LogP contribution in [-0.2, 0) is 4.79 Å². The van der Waals surface area contributed by atoms with Crippen LogP contribution in [-0.4, -0.2) is 18.5 Å². The molecule has 0 bridgehead atoms. The molecule has 0 spiro atoms. The van der Waals surface area contributed by atoms with Crippen molar-refractivity contribution in [3.63, 3.8) is 0 Å². The highest BCUT2D eigenvalue weighted by atomic mass is 79.9. The van der Waals surface area contributed by atoms with Gasteiger partial charge in [-0.3, -0.25) is 4.79 Å². The summed E-state index contributed by atoms with van der Waals surface area (Å²) in [6, 6.07) is 1.84. The van der Waals surface area contributed by atoms with E-state index >= 15 is 0 Å². The number of halogens is 3. The molecule has 19 heavy (non-hydrogen) atoms. The maximum atomic E-state index is 13.6. The Labute approximate surface area is 118 Å². The van der Waals surface area contributed by atoms with Gasteiger partial charge in [0.25, 0.3) is 0 Å². The molecule has 0 aliphatic carbocycles. The molecule has 2 rings (SSSR count). The van der Waals surface area contributed by atoms with E-state index in [0.29, 0.717) is 4.47 Å². The lowest BCUT2D eigenvalue weighted by molar-refractivity contribution is -0.119. The predicted molar refractivity (Wildman–Crippen MR) is 72.9 cm³/mol. The van der Waals surface area contributed by atoms with E-state index in [9.17, 15) is 13.6 Å². The van der Waals surface area contributed by atoms with Crippen molar-refractivity contribution in [2.45, 2.75) is 25.8 Å². The van der Waals surface area contributed by atoms with Crippen molar-refractivity contribution in [3.05, 3.63) is 28.2 Å². The van der Waals surface area contributed by atoms with Crippen LogP contribution in [0, 0.1) is 17.6 Å². The molecule has 1 aromatic carbocycles. The number of carbonyl (C=O) groups is 1. The number of hydrogen-bond acceptors (Lipinski definition) is 2. The minimum absolute atomic E-state index is 0.148. The molecule has 1 aliphatic rings. The van der Waals surface area contributed by atoms with Crippen LogP contribution in [0.2, 0.25) is 0 Å². The molecule has 1 heterocycles. The van der Waals surface area contributed by atoms with Crippen LogP contribution in [0.1, 0.15) is 19.8 Å². The highest BCUT2D eigenvalue weighted by Crippen LogP contribution is 2.25. The van der Waals surface area contributed by atoms with E-state index in [1.807, 2.05) is 6.92 Å². The number of piperidine rings is 1. The van der Waals surface area contributed by atoms with Gasteiger partial charge in [0.2, 0.25) is 5.91 Å². The first-order valence-corrected chi connectivity index (χ1v) is 6.97. The Morgan fingerprint density at radius 2 is 2.05 bits per heavy atom. The Morgan fingerprint density at radius 1 is 1.42 bits per heavy atom. The number of nitrogens with one attached hydrogen (secondary N) is 2. The third-order valence-electron chi connectivity index (χ3n) is 3.31. The zero-order valence-corrected chi connectivity index (χ0v) is 12.1. The molecule has 2 unspecified atom stereocenters. The van der Waals surface area contributed by atoms with Crippen molar-refractivity contribution in [2.75, 3.05) is 11.9 Å². The SMILES string of the molecule is CC1CCCNC1C(=O)Nc1c(F)cc(Br)cc1F. The zero-order valence-electron chi connectivity index (χ0n) is 10.5. The quantitative estimate of drug-likeness (QED) is 0.873. The van der Waals surface area contributed by atoms with E-state index in [0.717, 1.165) is 31.5 Å². The largest absolute Gasteiger partial charge is 0.320 e. The average molecular weight is 333 g/mol. The molecule has 2 atom stereocenters. The number of hydrogen-bond donors (Lipinski definition) is 2. The van der Waals surface area contributed by atoms with Crippen molar-refractivity contribution in [3.8, 4) is 0 Å². The fourth-order valence-corrected chi connectivity index (χ4v) is 2.67. The van der Waals surface area contributed by atoms with E-state index in [2.05, 4.69) is 26.6 Å². The Balaban J connectivity index is 2.14. The van der Waals surface area contributed by atoms with Crippen LogP contribution in [0.4, 0.5) is 14.5 Å². The molecule has 0 saturated carbocycles. The second-order valence-electron chi connectivity index (χ2n) is 4.78. The molecule has 0 aromatic heterocycles. The summed E-state index contributed by atoms with van der Waals surface area (Å²) >= 11 is 2.99. The molecular formula is C13H15BrF2N2O. The molecule has 1 amide bonds. The van der Waals surface area contributed by atoms with E-state index in [-0.39, 0.29) is 5.92 Å². The second kappa shape index (κ2) is 5.96. The first kappa shape index (κ1) is 14.4. The molecule has 1 aliphatic heterocycles. The Bertz CT molecular complexity index is 473. The van der Waals surface area contributed by atoms with Crippen molar-refractivity contribution in [1.82, 2.24) is 5.32 Å². The molecule has 6 heteroatoms. The summed E-state index contributed by atoms with van der Waals surface area (Å²) in [5.41, 5.74) is -0.396. The third kappa shape index (κ3) is 3.30. The number of anilines is 1. The van der Waals surface area contributed by atoms with Gasteiger partial charge in [-0.05, 0) is 37.4 Å². The average Bonchev–Trinajstić information content (AvgIpc) is 2.34. The Morgan fingerprint density at radius 3 is 2.63 bits per heavy atom. The molecule has 2 N–H and O–H groups in total. The standard InChI is InChI=1S/C13H15BrF2N2O/c1-7-3-2-4-17-11(7)13(19)18-12-9(15)5-8(14)6-10(12)16/h5-7,11,17H,2-4H2,1H3,(H,18,19). The highest BCUT2D eigenvalue weighted by molar-refractivity contribution is 9.10. The van der Waals surface area contributed by atoms with Gasteiger partial charge < -0.3 is 10.6 Å². The lowest BCUT2D eigenvalue weighted by atomic mass is 9.92. The second-order valence-corrected chi connectivity index (χ2v) is 5.70. The van der Waals surface area contributed by atoms with Crippen LogP contribution in [0.5, 0.6) is 0 Å². The summed E-state index contributed by atoms with van der Waals surface area (Å²) < 4.78 is 27.6. The molecule has 104 valence electrons. The monoisotopic (exact) mass is 332 g/mol. The molecule has 0 radical (unpaired) electrons. The number of carbonyl (C=O) groups excluding carboxylic acids is 1. The number of rotatable bonds is 2. The van der Waals surface area contributed by atoms with Gasteiger partial charge in [0, 0.05) is 4.47 Å². The summed E-state index contributed by atoms with van der Waals surface area (Å²) in [5.74, 6) is -1.82. The van der Waals surface area contributed by atoms with Crippen LogP contribution in [0.3, 0.4) is 0 Å². The van der Waals surface area contributed by atoms with Gasteiger partial charge in [0.05, 0.1) is 6.04 Å². The molecule has 1 aromatic rings. The zero-order chi connectivity index (χ0) is 14.0. The predicted octanol–water partition coefficient (Wildman–Crippen LogP) is 3.05. The lowest BCUT2D eigenvalue weighted by Crippen LogP contribution is -2.48. The van der Waals surface area contributed by atoms with Gasteiger partial charge in [-0.15, -0.1) is 0 Å². The summed E-state index contributed by atoms with van der Waals surface area (Å²) in [6.07, 6.45) is 1.93. The highest BCUT2D eigenvalue weighted by Gasteiger charge is 2.28. The minimum Gasteiger partial charge on any atom is -0.320 e. The summed E-state index contributed by atoms with van der Waals surface area (Å²) in [5, 5.41) is 5.41. The molecular weight excluding hydrogens is 318 g/mol. The van der Waals surface area contributed by atoms with Crippen LogP contribution in [0.15, 0.2) is 16.6 Å². The number of benzene rings is 1. The first-order chi connectivity index (χ1) is 8.99. The fraction of sp³-hybridized carbons (Fsp3) is 0.462. The first-order valence-electron chi connectivity index (χ1n) is 6.18. The van der Waals surface area contributed by atoms with E-state index in [1.165, 1.54) is 0 Å². The van der Waals surface area contributed by atoms with E-state index in [4.69, 9.17) is 0 Å². The maximum absolute atomic E-state index is 13.6. The smallest absolute Gasteiger partial charge is 0.241 e. The van der Waals surface area contributed by atoms with Crippen molar-refractivity contribution in [2.24, 2.45) is 5.92 Å². The summed E-state index contributed by atoms with van der Waals surface area (Å²) in [7, 11) is 0. The normalized spacial score (nSPS) is 23.2. The van der Waals surface area contributed by atoms with Gasteiger partial charge in [0.15, 0.2) is 11.6 Å². The molecule has 3 nitrogen and oxygen atoms in total. The van der Waals surface area contributed by atoms with Gasteiger partial charge in [0.1, 0.15) is 5.69 Å². The topological polar surface area (TPSA) is 41.1 Å². The van der Waals surface area contributed by atoms with Crippen molar-refractivity contribution < 1.29 is 13.6 Å². The van der Waals surface area contributed by atoms with E-state index < -0.39 is 29.3 Å². The number of amides is 1. The van der Waals surface area contributed by atoms with Crippen molar-refractivity contribution in [1.29, 1.82) is 0 Å². The Kier molecular flexibility index (Phi) is 4.52. The maximum Gasteiger partial charge on any atom is 0.241 e. The van der Waals surface area contributed by atoms with Gasteiger partial charge in [-0.2, -0.15) is 0 Å². The third-order valence-corrected chi connectivity index (χ3v) is 3.76. The van der Waals surface area contributed by atoms with Gasteiger partial charge in [-0.25, -0.2) is 8.78 Å². The van der Waals surface area contributed by atoms with Crippen molar-refractivity contribution >= 4 is 27.5 Å². The molecule has 1 fully saturated rings.